The van der Waals surface area contributed by atoms with E-state index in [2.05, 4.69) is 5.32 Å². The molecule has 1 heterocycles. The minimum Gasteiger partial charge on any atom is -0.455 e. The van der Waals surface area contributed by atoms with Crippen LogP contribution in [-0.4, -0.2) is 62.8 Å². The fraction of sp³-hybridized carbons (Fsp3) is 0.500. The smallest absolute Gasteiger partial charge is 0.310 e. The fourth-order valence-electron chi connectivity index (χ4n) is 2.84. The molecule has 2 rings (SSSR count). The van der Waals surface area contributed by atoms with E-state index in [9.17, 15) is 22.8 Å². The third-order valence-corrected chi connectivity index (χ3v) is 6.22. The van der Waals surface area contributed by atoms with Gasteiger partial charge in [0.15, 0.2) is 16.4 Å². The van der Waals surface area contributed by atoms with Crippen molar-refractivity contribution < 1.29 is 27.5 Å². The zero-order valence-electron chi connectivity index (χ0n) is 15.6. The maximum absolute atomic E-state index is 12.2. The molecular weight excluding hydrogens is 372 g/mol. The van der Waals surface area contributed by atoms with Crippen LogP contribution in [0.2, 0.25) is 0 Å². The Labute approximate surface area is 158 Å². The van der Waals surface area contributed by atoms with Crippen LogP contribution >= 0.6 is 0 Å². The average molecular weight is 396 g/mol. The summed E-state index contributed by atoms with van der Waals surface area (Å²) in [5.74, 6) is -2.61. The quantitative estimate of drug-likeness (QED) is 0.708. The Kier molecular flexibility index (Phi) is 6.59. The number of para-hydroxylation sites is 1. The molecular formula is C18H24N2O6S. The van der Waals surface area contributed by atoms with Crippen molar-refractivity contribution in [3.8, 4) is 0 Å². The standard InChI is InChI=1S/C18H24N2O6S/c1-12-5-4-6-13(2)17(12)19-15(21)9-20(3)16(22)10-26-18(23)14-7-8-27(24,25)11-14/h4-6,14H,7-11H2,1-3H3,(H,19,21). The van der Waals surface area contributed by atoms with Gasteiger partial charge in [0.25, 0.3) is 5.91 Å². The predicted molar refractivity (Wildman–Crippen MR) is 99.9 cm³/mol. The number of sulfone groups is 1. The Balaban J connectivity index is 1.81. The minimum atomic E-state index is -3.20. The summed E-state index contributed by atoms with van der Waals surface area (Å²) in [6, 6.07) is 5.64. The van der Waals surface area contributed by atoms with Gasteiger partial charge in [0.2, 0.25) is 5.91 Å². The highest BCUT2D eigenvalue weighted by atomic mass is 32.2. The lowest BCUT2D eigenvalue weighted by atomic mass is 10.1. The molecule has 1 fully saturated rings. The van der Waals surface area contributed by atoms with Crippen molar-refractivity contribution in [2.45, 2.75) is 20.3 Å². The topological polar surface area (TPSA) is 110 Å². The highest BCUT2D eigenvalue weighted by Gasteiger charge is 2.34. The number of carbonyl (C=O) groups is 3. The molecule has 2 amide bonds. The second-order valence-electron chi connectivity index (χ2n) is 6.77. The first-order valence-corrected chi connectivity index (χ1v) is 10.4. The van der Waals surface area contributed by atoms with Crippen molar-refractivity contribution in [3.05, 3.63) is 29.3 Å². The van der Waals surface area contributed by atoms with Crippen LogP contribution in [0, 0.1) is 19.8 Å². The van der Waals surface area contributed by atoms with E-state index in [1.807, 2.05) is 32.0 Å². The number of nitrogens with one attached hydrogen (secondary N) is 1. The minimum absolute atomic E-state index is 0.0426. The van der Waals surface area contributed by atoms with Crippen LogP contribution in [0.15, 0.2) is 18.2 Å². The van der Waals surface area contributed by atoms with Gasteiger partial charge in [-0.05, 0) is 31.4 Å². The largest absolute Gasteiger partial charge is 0.455 e. The van der Waals surface area contributed by atoms with Gasteiger partial charge in [-0.25, -0.2) is 8.42 Å². The van der Waals surface area contributed by atoms with Crippen molar-refractivity contribution in [1.29, 1.82) is 0 Å². The SMILES string of the molecule is Cc1cccc(C)c1NC(=O)CN(C)C(=O)COC(=O)C1CCS(=O)(=O)C1. The molecule has 1 aromatic rings. The van der Waals surface area contributed by atoms with Gasteiger partial charge in [0.1, 0.15) is 0 Å². The van der Waals surface area contributed by atoms with E-state index in [0.717, 1.165) is 16.0 Å². The molecule has 0 aliphatic carbocycles. The van der Waals surface area contributed by atoms with Gasteiger partial charge in [-0.2, -0.15) is 0 Å². The maximum Gasteiger partial charge on any atom is 0.310 e. The third kappa shape index (κ3) is 5.78. The molecule has 27 heavy (non-hydrogen) atoms. The molecule has 1 saturated heterocycles. The summed E-state index contributed by atoms with van der Waals surface area (Å²) in [5.41, 5.74) is 2.53. The highest BCUT2D eigenvalue weighted by Crippen LogP contribution is 2.20. The van der Waals surface area contributed by atoms with Crippen LogP contribution in [-0.2, 0) is 29.0 Å². The molecule has 8 nitrogen and oxygen atoms in total. The number of carbonyl (C=O) groups excluding carboxylic acids is 3. The number of rotatable bonds is 6. The van der Waals surface area contributed by atoms with Crippen LogP contribution in [0.25, 0.3) is 0 Å². The molecule has 1 aliphatic rings. The van der Waals surface area contributed by atoms with Crippen LogP contribution in [0.1, 0.15) is 17.5 Å². The molecule has 1 atom stereocenters. The molecule has 1 unspecified atom stereocenters. The van der Waals surface area contributed by atoms with Crippen molar-refractivity contribution in [2.75, 3.05) is 37.0 Å². The highest BCUT2D eigenvalue weighted by molar-refractivity contribution is 7.91. The third-order valence-electron chi connectivity index (χ3n) is 4.46. The predicted octanol–water partition coefficient (Wildman–Crippen LogP) is 0.678. The Morgan fingerprint density at radius 2 is 1.85 bits per heavy atom. The summed E-state index contributed by atoms with van der Waals surface area (Å²) in [4.78, 5) is 37.2. The lowest BCUT2D eigenvalue weighted by Gasteiger charge is -2.18. The molecule has 1 N–H and O–H groups in total. The van der Waals surface area contributed by atoms with E-state index in [1.54, 1.807) is 0 Å². The number of nitrogens with zero attached hydrogens (tertiary/aromatic N) is 1. The second-order valence-corrected chi connectivity index (χ2v) is 9.00. The normalized spacial score (nSPS) is 18.0. The number of likely N-dealkylation sites (N-methyl/N-ethyl adjacent to an activating group) is 1. The number of hydrogen-bond acceptors (Lipinski definition) is 6. The molecule has 1 aromatic carbocycles. The number of amides is 2. The Bertz CT molecular complexity index is 829. The van der Waals surface area contributed by atoms with E-state index in [-0.39, 0.29) is 30.4 Å². The lowest BCUT2D eigenvalue weighted by molar-refractivity contribution is -0.154. The van der Waals surface area contributed by atoms with Crippen LogP contribution in [0.4, 0.5) is 5.69 Å². The summed E-state index contributed by atoms with van der Waals surface area (Å²) in [6.45, 7) is 3.03. The molecule has 148 valence electrons. The maximum atomic E-state index is 12.2. The van der Waals surface area contributed by atoms with E-state index < -0.39 is 34.2 Å². The van der Waals surface area contributed by atoms with E-state index >= 15 is 0 Å². The molecule has 0 spiro atoms. The second kappa shape index (κ2) is 8.51. The number of anilines is 1. The Hall–Kier alpha value is -2.42. The summed E-state index contributed by atoms with van der Waals surface area (Å²) in [7, 11) is -1.77. The monoisotopic (exact) mass is 396 g/mol. The van der Waals surface area contributed by atoms with E-state index in [1.165, 1.54) is 7.05 Å². The summed E-state index contributed by atoms with van der Waals surface area (Å²) >= 11 is 0. The van der Waals surface area contributed by atoms with Crippen molar-refractivity contribution in [2.24, 2.45) is 5.92 Å². The van der Waals surface area contributed by atoms with Crippen LogP contribution in [0.5, 0.6) is 0 Å². The van der Waals surface area contributed by atoms with E-state index in [0.29, 0.717) is 5.69 Å². The molecule has 0 aromatic heterocycles. The zero-order valence-corrected chi connectivity index (χ0v) is 16.5. The first-order chi connectivity index (χ1) is 12.6. The Morgan fingerprint density at radius 1 is 1.22 bits per heavy atom. The summed E-state index contributed by atoms with van der Waals surface area (Å²) < 4.78 is 27.7. The fourth-order valence-corrected chi connectivity index (χ4v) is 4.56. The van der Waals surface area contributed by atoms with Crippen LogP contribution in [0.3, 0.4) is 0 Å². The molecule has 0 bridgehead atoms. The molecule has 0 radical (unpaired) electrons. The number of benzene rings is 1. The van der Waals surface area contributed by atoms with Crippen LogP contribution < -0.4 is 5.32 Å². The van der Waals surface area contributed by atoms with Crippen molar-refractivity contribution in [3.63, 3.8) is 0 Å². The number of aryl methyl sites for hydroxylation is 2. The van der Waals surface area contributed by atoms with Gasteiger partial charge in [0.05, 0.1) is 24.0 Å². The van der Waals surface area contributed by atoms with Gasteiger partial charge < -0.3 is 15.0 Å². The molecule has 1 aliphatic heterocycles. The van der Waals surface area contributed by atoms with Gasteiger partial charge in [-0.3, -0.25) is 14.4 Å². The number of ether oxygens (including phenoxy) is 1. The number of hydrogen-bond donors (Lipinski definition) is 1. The van der Waals surface area contributed by atoms with Crippen molar-refractivity contribution >= 4 is 33.3 Å². The first kappa shape index (κ1) is 20.9. The Morgan fingerprint density at radius 3 is 2.41 bits per heavy atom. The average Bonchev–Trinajstić information content (AvgIpc) is 2.95. The lowest BCUT2D eigenvalue weighted by Crippen LogP contribution is -2.38. The van der Waals surface area contributed by atoms with Gasteiger partial charge in [-0.15, -0.1) is 0 Å². The van der Waals surface area contributed by atoms with Crippen molar-refractivity contribution in [1.82, 2.24) is 4.90 Å². The van der Waals surface area contributed by atoms with Gasteiger partial charge in [0, 0.05) is 12.7 Å². The summed E-state index contributed by atoms with van der Waals surface area (Å²) in [5, 5.41) is 2.78. The first-order valence-electron chi connectivity index (χ1n) is 8.56. The molecule has 9 heteroatoms. The number of esters is 1. The van der Waals surface area contributed by atoms with E-state index in [4.69, 9.17) is 4.74 Å². The summed E-state index contributed by atoms with van der Waals surface area (Å²) in [6.07, 6.45) is 0.212. The zero-order chi connectivity index (χ0) is 20.2. The van der Waals surface area contributed by atoms with Gasteiger partial charge >= 0.3 is 5.97 Å². The molecule has 0 saturated carbocycles. The van der Waals surface area contributed by atoms with Gasteiger partial charge in [-0.1, -0.05) is 18.2 Å².